The average Bonchev–Trinajstić information content (AvgIpc) is 2.12. The zero-order valence-electron chi connectivity index (χ0n) is 8.03. The maximum atomic E-state index is 12.8. The fourth-order valence-corrected chi connectivity index (χ4v) is 1.46. The van der Waals surface area contributed by atoms with Crippen molar-refractivity contribution in [1.29, 1.82) is 0 Å². The second-order valence-electron chi connectivity index (χ2n) is 3.63. The third kappa shape index (κ3) is 2.06. The molecule has 0 spiro atoms. The smallest absolute Gasteiger partial charge is 0.339 e. The lowest BCUT2D eigenvalue weighted by Crippen LogP contribution is -2.28. The van der Waals surface area contributed by atoms with Gasteiger partial charge in [0.25, 0.3) is 0 Å². The molecule has 1 aromatic rings. The van der Waals surface area contributed by atoms with Gasteiger partial charge in [0.15, 0.2) is 0 Å². The summed E-state index contributed by atoms with van der Waals surface area (Å²) in [5.41, 5.74) is -0.109. The van der Waals surface area contributed by atoms with E-state index in [1.165, 1.54) is 0 Å². The van der Waals surface area contributed by atoms with Gasteiger partial charge in [-0.3, -0.25) is 0 Å². The van der Waals surface area contributed by atoms with Crippen molar-refractivity contribution >= 4 is 11.8 Å². The van der Waals surface area contributed by atoms with Crippen LogP contribution in [-0.4, -0.2) is 22.1 Å². The second kappa shape index (κ2) is 3.84. The van der Waals surface area contributed by atoms with Crippen LogP contribution in [0.25, 0.3) is 0 Å². The third-order valence-corrected chi connectivity index (χ3v) is 2.53. The SMILES string of the molecule is O=C(O)c1cc(F)cnc1NC1CCC1. The summed E-state index contributed by atoms with van der Waals surface area (Å²) in [4.78, 5) is 14.6. The average molecular weight is 210 g/mol. The molecule has 2 N–H and O–H groups in total. The van der Waals surface area contributed by atoms with E-state index in [4.69, 9.17) is 5.11 Å². The monoisotopic (exact) mass is 210 g/mol. The molecule has 1 fully saturated rings. The number of aromatic nitrogens is 1. The quantitative estimate of drug-likeness (QED) is 0.799. The van der Waals surface area contributed by atoms with Crippen molar-refractivity contribution in [2.45, 2.75) is 25.3 Å². The molecule has 5 heteroatoms. The minimum Gasteiger partial charge on any atom is -0.478 e. The summed E-state index contributed by atoms with van der Waals surface area (Å²) in [6, 6.07) is 1.26. The van der Waals surface area contributed by atoms with Gasteiger partial charge in [0.2, 0.25) is 0 Å². The van der Waals surface area contributed by atoms with E-state index in [1.54, 1.807) is 0 Å². The zero-order valence-corrected chi connectivity index (χ0v) is 8.03. The summed E-state index contributed by atoms with van der Waals surface area (Å²) in [6.07, 6.45) is 4.19. The number of hydrogen-bond acceptors (Lipinski definition) is 3. The topological polar surface area (TPSA) is 62.2 Å². The van der Waals surface area contributed by atoms with Crippen molar-refractivity contribution in [2.75, 3.05) is 5.32 Å². The minimum absolute atomic E-state index is 0.109. The molecule has 0 bridgehead atoms. The molecule has 1 aliphatic rings. The molecule has 0 aromatic carbocycles. The molecule has 1 heterocycles. The molecule has 80 valence electrons. The Balaban J connectivity index is 2.23. The Morgan fingerprint density at radius 2 is 2.33 bits per heavy atom. The highest BCUT2D eigenvalue weighted by Crippen LogP contribution is 2.24. The Morgan fingerprint density at radius 1 is 1.60 bits per heavy atom. The number of aromatic carboxylic acids is 1. The van der Waals surface area contributed by atoms with Crippen molar-refractivity contribution in [3.05, 3.63) is 23.6 Å². The Hall–Kier alpha value is -1.65. The number of hydrogen-bond donors (Lipinski definition) is 2. The van der Waals surface area contributed by atoms with Crippen LogP contribution in [0.15, 0.2) is 12.3 Å². The van der Waals surface area contributed by atoms with Crippen molar-refractivity contribution < 1.29 is 14.3 Å². The van der Waals surface area contributed by atoms with Crippen LogP contribution < -0.4 is 5.32 Å². The van der Waals surface area contributed by atoms with E-state index in [9.17, 15) is 9.18 Å². The van der Waals surface area contributed by atoms with E-state index < -0.39 is 11.8 Å². The summed E-state index contributed by atoms with van der Waals surface area (Å²) in [5, 5.41) is 11.8. The van der Waals surface area contributed by atoms with E-state index in [-0.39, 0.29) is 17.4 Å². The van der Waals surface area contributed by atoms with Crippen LogP contribution in [0.5, 0.6) is 0 Å². The molecule has 4 nitrogen and oxygen atoms in total. The van der Waals surface area contributed by atoms with Crippen LogP contribution in [0.3, 0.4) is 0 Å². The first-order chi connectivity index (χ1) is 7.16. The maximum absolute atomic E-state index is 12.8. The summed E-state index contributed by atoms with van der Waals surface area (Å²) in [7, 11) is 0. The Labute approximate surface area is 86.1 Å². The second-order valence-corrected chi connectivity index (χ2v) is 3.63. The maximum Gasteiger partial charge on any atom is 0.339 e. The van der Waals surface area contributed by atoms with E-state index in [0.29, 0.717) is 0 Å². The highest BCUT2D eigenvalue weighted by atomic mass is 19.1. The van der Waals surface area contributed by atoms with Crippen molar-refractivity contribution in [1.82, 2.24) is 4.98 Å². The minimum atomic E-state index is -1.16. The van der Waals surface area contributed by atoms with Gasteiger partial charge in [0.05, 0.1) is 6.20 Å². The Kier molecular flexibility index (Phi) is 2.53. The summed E-state index contributed by atoms with van der Waals surface area (Å²) in [5.74, 6) is -1.54. The Bertz CT molecular complexity index is 391. The number of anilines is 1. The van der Waals surface area contributed by atoms with Gasteiger partial charge in [-0.15, -0.1) is 0 Å². The van der Waals surface area contributed by atoms with E-state index in [2.05, 4.69) is 10.3 Å². The summed E-state index contributed by atoms with van der Waals surface area (Å²) >= 11 is 0. The molecule has 0 aliphatic heterocycles. The predicted molar refractivity (Wildman–Crippen MR) is 52.4 cm³/mol. The number of pyridine rings is 1. The lowest BCUT2D eigenvalue weighted by Gasteiger charge is -2.27. The number of nitrogens with zero attached hydrogens (tertiary/aromatic N) is 1. The number of carboxylic acids is 1. The lowest BCUT2D eigenvalue weighted by molar-refractivity contribution is 0.0697. The molecular weight excluding hydrogens is 199 g/mol. The summed E-state index contributed by atoms with van der Waals surface area (Å²) in [6.45, 7) is 0. The van der Waals surface area contributed by atoms with Gasteiger partial charge >= 0.3 is 5.97 Å². The fraction of sp³-hybridized carbons (Fsp3) is 0.400. The number of halogens is 1. The van der Waals surface area contributed by atoms with Crippen LogP contribution >= 0.6 is 0 Å². The highest BCUT2D eigenvalue weighted by Gasteiger charge is 2.20. The van der Waals surface area contributed by atoms with Crippen molar-refractivity contribution in [3.63, 3.8) is 0 Å². The molecular formula is C10H11FN2O2. The highest BCUT2D eigenvalue weighted by molar-refractivity contribution is 5.93. The van der Waals surface area contributed by atoms with E-state index in [0.717, 1.165) is 31.5 Å². The van der Waals surface area contributed by atoms with Gasteiger partial charge in [0.1, 0.15) is 17.2 Å². The molecule has 2 rings (SSSR count). The zero-order chi connectivity index (χ0) is 10.8. The predicted octanol–water partition coefficient (Wildman–Crippen LogP) is 1.88. The van der Waals surface area contributed by atoms with Gasteiger partial charge in [-0.05, 0) is 25.3 Å². The molecule has 15 heavy (non-hydrogen) atoms. The van der Waals surface area contributed by atoms with Gasteiger partial charge in [-0.2, -0.15) is 0 Å². The largest absolute Gasteiger partial charge is 0.478 e. The lowest BCUT2D eigenvalue weighted by atomic mass is 9.93. The number of rotatable bonds is 3. The molecule has 1 aromatic heterocycles. The van der Waals surface area contributed by atoms with Gasteiger partial charge in [-0.25, -0.2) is 14.2 Å². The molecule has 0 saturated heterocycles. The Morgan fingerprint density at radius 3 is 2.87 bits per heavy atom. The van der Waals surface area contributed by atoms with Gasteiger partial charge in [-0.1, -0.05) is 0 Å². The van der Waals surface area contributed by atoms with Crippen LogP contribution in [0.2, 0.25) is 0 Å². The van der Waals surface area contributed by atoms with Crippen molar-refractivity contribution in [3.8, 4) is 0 Å². The van der Waals surface area contributed by atoms with Crippen LogP contribution in [0, 0.1) is 5.82 Å². The number of carbonyl (C=O) groups is 1. The van der Waals surface area contributed by atoms with Gasteiger partial charge < -0.3 is 10.4 Å². The first-order valence-corrected chi connectivity index (χ1v) is 4.82. The van der Waals surface area contributed by atoms with Crippen LogP contribution in [0.1, 0.15) is 29.6 Å². The van der Waals surface area contributed by atoms with E-state index in [1.807, 2.05) is 0 Å². The molecule has 1 aliphatic carbocycles. The molecule has 1 saturated carbocycles. The number of nitrogens with one attached hydrogen (secondary N) is 1. The molecule has 0 unspecified atom stereocenters. The fourth-order valence-electron chi connectivity index (χ4n) is 1.46. The van der Waals surface area contributed by atoms with Crippen LogP contribution in [-0.2, 0) is 0 Å². The third-order valence-electron chi connectivity index (χ3n) is 2.53. The molecule has 0 atom stereocenters. The van der Waals surface area contributed by atoms with Gasteiger partial charge in [0, 0.05) is 6.04 Å². The first kappa shape index (κ1) is 9.89. The number of carboxylic acid groups (broad SMARTS) is 1. The van der Waals surface area contributed by atoms with Crippen molar-refractivity contribution in [2.24, 2.45) is 0 Å². The van der Waals surface area contributed by atoms with E-state index >= 15 is 0 Å². The normalized spacial score (nSPS) is 15.8. The standard InChI is InChI=1S/C10H11FN2O2/c11-6-4-8(10(14)15)9(12-5-6)13-7-2-1-3-7/h4-5,7H,1-3H2,(H,12,13)(H,14,15). The molecule has 0 radical (unpaired) electrons. The first-order valence-electron chi connectivity index (χ1n) is 4.82. The summed E-state index contributed by atoms with van der Waals surface area (Å²) < 4.78 is 12.8. The molecule has 0 amide bonds. The van der Waals surface area contributed by atoms with Crippen LogP contribution in [0.4, 0.5) is 10.2 Å².